The molecule has 0 saturated carbocycles. The molecule has 5 heteroatoms. The Labute approximate surface area is 146 Å². The second-order valence-corrected chi connectivity index (χ2v) is 7.04. The molecule has 0 aliphatic carbocycles. The number of hydrogen-bond donors (Lipinski definition) is 1. The Morgan fingerprint density at radius 2 is 1.96 bits per heavy atom. The van der Waals surface area contributed by atoms with E-state index in [-0.39, 0.29) is 11.7 Å². The molecule has 3 aliphatic rings. The molecule has 0 radical (unpaired) electrons. The molecule has 0 unspecified atom stereocenters. The number of rotatable bonds is 1. The first-order chi connectivity index (χ1) is 12.2. The molecular formula is C20H21NO4. The maximum atomic E-state index is 10.6. The lowest BCUT2D eigenvalue weighted by atomic mass is 9.77. The number of fused-ring (bicyclic) bond motifs is 5. The molecule has 2 aromatic rings. The lowest BCUT2D eigenvalue weighted by molar-refractivity contribution is 0.136. The van der Waals surface area contributed by atoms with E-state index >= 15 is 0 Å². The number of benzene rings is 2. The molecule has 3 aliphatic heterocycles. The molecule has 2 aromatic carbocycles. The van der Waals surface area contributed by atoms with Gasteiger partial charge in [-0.25, -0.2) is 0 Å². The zero-order valence-electron chi connectivity index (χ0n) is 14.4. The number of aromatic hydroxyl groups is 1. The van der Waals surface area contributed by atoms with Crippen molar-refractivity contribution in [1.82, 2.24) is 4.90 Å². The zero-order valence-corrected chi connectivity index (χ0v) is 14.4. The van der Waals surface area contributed by atoms with E-state index < -0.39 is 0 Å². The summed E-state index contributed by atoms with van der Waals surface area (Å²) in [6.07, 6.45) is 0.981. The van der Waals surface area contributed by atoms with Crippen molar-refractivity contribution in [3.05, 3.63) is 46.5 Å². The molecule has 5 rings (SSSR count). The maximum absolute atomic E-state index is 10.6. The number of phenolic OH excluding ortho intramolecular Hbond substituents is 1. The lowest BCUT2D eigenvalue weighted by Crippen LogP contribution is -2.41. The number of nitrogens with zero attached hydrogens (tertiary/aromatic N) is 1. The van der Waals surface area contributed by atoms with Crippen LogP contribution in [0.1, 0.15) is 41.1 Å². The van der Waals surface area contributed by atoms with E-state index in [2.05, 4.69) is 30.0 Å². The van der Waals surface area contributed by atoms with Crippen LogP contribution < -0.4 is 14.2 Å². The molecule has 1 N–H and O–H groups in total. The topological polar surface area (TPSA) is 51.2 Å². The minimum atomic E-state index is 0.278. The summed E-state index contributed by atoms with van der Waals surface area (Å²) in [5.74, 6) is 2.81. The van der Waals surface area contributed by atoms with Gasteiger partial charge in [0.2, 0.25) is 6.79 Å². The van der Waals surface area contributed by atoms with Crippen LogP contribution in [0.15, 0.2) is 24.3 Å². The monoisotopic (exact) mass is 339 g/mol. The lowest BCUT2D eigenvalue weighted by Gasteiger charge is -2.45. The molecule has 0 bridgehead atoms. The second-order valence-electron chi connectivity index (χ2n) is 7.04. The average molecular weight is 339 g/mol. The molecule has 0 saturated heterocycles. The fraction of sp³-hybridized carbons (Fsp3) is 0.400. The fourth-order valence-electron chi connectivity index (χ4n) is 4.62. The van der Waals surface area contributed by atoms with Crippen molar-refractivity contribution in [1.29, 1.82) is 0 Å². The van der Waals surface area contributed by atoms with Crippen LogP contribution in [0.5, 0.6) is 23.0 Å². The van der Waals surface area contributed by atoms with E-state index in [1.165, 1.54) is 16.7 Å². The van der Waals surface area contributed by atoms with Crippen molar-refractivity contribution in [3.63, 3.8) is 0 Å². The summed E-state index contributed by atoms with van der Waals surface area (Å²) in [7, 11) is 1.59. The Morgan fingerprint density at radius 3 is 2.76 bits per heavy atom. The SMILES string of the molecule is COc1ccc2c(c1O)CN1CCc3cc4c(cc3[C@H]1[C@H]2C)OCO4. The van der Waals surface area contributed by atoms with Gasteiger partial charge in [-0.1, -0.05) is 13.0 Å². The number of ether oxygens (including phenoxy) is 3. The third-order valence-electron chi connectivity index (χ3n) is 5.84. The minimum Gasteiger partial charge on any atom is -0.504 e. The van der Waals surface area contributed by atoms with E-state index in [1.54, 1.807) is 7.11 Å². The van der Waals surface area contributed by atoms with Crippen molar-refractivity contribution in [2.75, 3.05) is 20.4 Å². The van der Waals surface area contributed by atoms with Crippen molar-refractivity contribution >= 4 is 0 Å². The maximum Gasteiger partial charge on any atom is 0.231 e. The van der Waals surface area contributed by atoms with E-state index in [9.17, 15) is 5.11 Å². The summed E-state index contributed by atoms with van der Waals surface area (Å²) >= 11 is 0. The molecule has 0 spiro atoms. The van der Waals surface area contributed by atoms with E-state index in [0.29, 0.717) is 18.6 Å². The van der Waals surface area contributed by atoms with Gasteiger partial charge >= 0.3 is 0 Å². The van der Waals surface area contributed by atoms with Crippen molar-refractivity contribution < 1.29 is 19.3 Å². The van der Waals surface area contributed by atoms with Gasteiger partial charge in [0, 0.05) is 30.6 Å². The quantitative estimate of drug-likeness (QED) is 0.863. The summed E-state index contributed by atoms with van der Waals surface area (Å²) in [5.41, 5.74) is 4.86. The van der Waals surface area contributed by atoms with Gasteiger partial charge in [0.05, 0.1) is 7.11 Å². The van der Waals surface area contributed by atoms with Crippen LogP contribution in [0.25, 0.3) is 0 Å². The first kappa shape index (κ1) is 14.9. The van der Waals surface area contributed by atoms with E-state index in [4.69, 9.17) is 14.2 Å². The summed E-state index contributed by atoms with van der Waals surface area (Å²) in [6.45, 7) is 4.25. The van der Waals surface area contributed by atoms with Crippen LogP contribution in [-0.2, 0) is 13.0 Å². The highest BCUT2D eigenvalue weighted by Gasteiger charge is 2.39. The van der Waals surface area contributed by atoms with Gasteiger partial charge in [0.15, 0.2) is 23.0 Å². The molecule has 2 atom stereocenters. The van der Waals surface area contributed by atoms with Gasteiger partial charge in [-0.05, 0) is 41.3 Å². The third kappa shape index (κ3) is 2.05. The van der Waals surface area contributed by atoms with Gasteiger partial charge in [-0.15, -0.1) is 0 Å². The van der Waals surface area contributed by atoms with Crippen LogP contribution >= 0.6 is 0 Å². The van der Waals surface area contributed by atoms with E-state index in [0.717, 1.165) is 36.6 Å². The Kier molecular flexibility index (Phi) is 3.16. The van der Waals surface area contributed by atoms with Gasteiger partial charge in [0.1, 0.15) is 0 Å². The highest BCUT2D eigenvalue weighted by atomic mass is 16.7. The Morgan fingerprint density at radius 1 is 1.16 bits per heavy atom. The van der Waals surface area contributed by atoms with Crippen LogP contribution in [0.4, 0.5) is 0 Å². The Hall–Kier alpha value is -2.40. The van der Waals surface area contributed by atoms with Crippen molar-refractivity contribution in [3.8, 4) is 23.0 Å². The minimum absolute atomic E-state index is 0.278. The predicted molar refractivity (Wildman–Crippen MR) is 92.5 cm³/mol. The molecule has 0 fully saturated rings. The first-order valence-corrected chi connectivity index (χ1v) is 8.72. The van der Waals surface area contributed by atoms with Crippen LogP contribution in [0.3, 0.4) is 0 Å². The van der Waals surface area contributed by atoms with Crippen LogP contribution in [0, 0.1) is 0 Å². The number of methoxy groups -OCH3 is 1. The molecule has 3 heterocycles. The zero-order chi connectivity index (χ0) is 17.1. The van der Waals surface area contributed by atoms with Gasteiger partial charge in [0.25, 0.3) is 0 Å². The van der Waals surface area contributed by atoms with Crippen molar-refractivity contribution in [2.45, 2.75) is 31.8 Å². The summed E-state index contributed by atoms with van der Waals surface area (Å²) < 4.78 is 16.4. The molecule has 0 amide bonds. The molecule has 5 nitrogen and oxygen atoms in total. The summed E-state index contributed by atoms with van der Waals surface area (Å²) in [4.78, 5) is 2.46. The highest BCUT2D eigenvalue weighted by molar-refractivity contribution is 5.55. The smallest absolute Gasteiger partial charge is 0.231 e. The largest absolute Gasteiger partial charge is 0.504 e. The molecule has 130 valence electrons. The Bertz CT molecular complexity index is 863. The predicted octanol–water partition coefficient (Wildman–Crippen LogP) is 3.35. The van der Waals surface area contributed by atoms with Gasteiger partial charge < -0.3 is 19.3 Å². The van der Waals surface area contributed by atoms with Gasteiger partial charge in [-0.3, -0.25) is 4.90 Å². The van der Waals surface area contributed by atoms with Crippen LogP contribution in [0.2, 0.25) is 0 Å². The molecular weight excluding hydrogens is 318 g/mol. The first-order valence-electron chi connectivity index (χ1n) is 8.72. The summed E-state index contributed by atoms with van der Waals surface area (Å²) in [6, 6.07) is 8.54. The third-order valence-corrected chi connectivity index (χ3v) is 5.84. The van der Waals surface area contributed by atoms with Crippen LogP contribution in [-0.4, -0.2) is 30.5 Å². The molecule has 25 heavy (non-hydrogen) atoms. The standard InChI is InChI=1S/C20H21NO4/c1-11-13-3-4-16(23-2)20(22)15(13)9-21-6-5-12-7-17-18(25-10-24-17)8-14(12)19(11)21/h3-4,7-8,11,19,22H,5-6,9-10H2,1-2H3/t11-,19+/m0/s1. The van der Waals surface area contributed by atoms with E-state index in [1.807, 2.05) is 6.07 Å². The highest BCUT2D eigenvalue weighted by Crippen LogP contribution is 2.51. The van der Waals surface area contributed by atoms with Crippen molar-refractivity contribution in [2.24, 2.45) is 0 Å². The average Bonchev–Trinajstić information content (AvgIpc) is 3.08. The normalized spacial score (nSPS) is 23.6. The van der Waals surface area contributed by atoms with Gasteiger partial charge in [-0.2, -0.15) is 0 Å². The summed E-state index contributed by atoms with van der Waals surface area (Å²) in [5, 5.41) is 10.6. The fourth-order valence-corrected chi connectivity index (χ4v) is 4.62. The number of phenols is 1. The Balaban J connectivity index is 1.62. The molecule has 0 aromatic heterocycles. The number of hydrogen-bond acceptors (Lipinski definition) is 5. The second kappa shape index (κ2) is 5.30.